The molecule has 0 aliphatic carbocycles. The molecule has 102 valence electrons. The molecular weight excluding hydrogens is 208 g/mol. The van der Waals surface area contributed by atoms with E-state index in [0.29, 0.717) is 0 Å². The van der Waals surface area contributed by atoms with Crippen molar-refractivity contribution >= 4 is 0 Å². The Hall–Kier alpha value is -0.0800. The van der Waals surface area contributed by atoms with Crippen LogP contribution in [-0.4, -0.2) is 30.6 Å². The quantitative estimate of drug-likeness (QED) is 0.704. The van der Waals surface area contributed by atoms with E-state index in [4.69, 9.17) is 5.73 Å². The standard InChI is InChI=1S/C15H32N2/c1-3-7-15(10-11-16)9-6-13-17-12-5-4-8-14(17)2/h14-15H,3-13,16H2,1-2H3. The maximum absolute atomic E-state index is 5.69. The van der Waals surface area contributed by atoms with Crippen molar-refractivity contribution in [2.24, 2.45) is 11.7 Å². The lowest BCUT2D eigenvalue weighted by atomic mass is 9.94. The fraction of sp³-hybridized carbons (Fsp3) is 1.00. The third kappa shape index (κ3) is 5.87. The normalized spacial score (nSPS) is 23.8. The molecule has 1 aliphatic rings. The smallest absolute Gasteiger partial charge is 0.00669 e. The maximum atomic E-state index is 5.69. The number of nitrogens with zero attached hydrogens (tertiary/aromatic N) is 1. The number of piperidine rings is 1. The summed E-state index contributed by atoms with van der Waals surface area (Å²) in [7, 11) is 0. The van der Waals surface area contributed by atoms with E-state index in [-0.39, 0.29) is 0 Å². The molecule has 1 fully saturated rings. The van der Waals surface area contributed by atoms with Crippen LogP contribution in [0.1, 0.15) is 65.2 Å². The second-order valence-corrected chi connectivity index (χ2v) is 5.76. The number of rotatable bonds is 8. The van der Waals surface area contributed by atoms with Crippen LogP contribution in [0.2, 0.25) is 0 Å². The first kappa shape index (κ1) is 15.0. The van der Waals surface area contributed by atoms with Gasteiger partial charge in [0.15, 0.2) is 0 Å². The molecule has 2 nitrogen and oxygen atoms in total. The summed E-state index contributed by atoms with van der Waals surface area (Å²) in [5, 5.41) is 0. The summed E-state index contributed by atoms with van der Waals surface area (Å²) in [6.07, 6.45) is 10.9. The van der Waals surface area contributed by atoms with Gasteiger partial charge in [0, 0.05) is 6.04 Å². The third-order valence-electron chi connectivity index (χ3n) is 4.27. The summed E-state index contributed by atoms with van der Waals surface area (Å²) in [5.41, 5.74) is 5.69. The van der Waals surface area contributed by atoms with E-state index in [1.807, 2.05) is 0 Å². The minimum atomic E-state index is 0.822. The second-order valence-electron chi connectivity index (χ2n) is 5.76. The summed E-state index contributed by atoms with van der Waals surface area (Å²) in [4.78, 5) is 2.69. The minimum Gasteiger partial charge on any atom is -0.330 e. The maximum Gasteiger partial charge on any atom is 0.00669 e. The van der Waals surface area contributed by atoms with Gasteiger partial charge in [-0.1, -0.05) is 26.2 Å². The first-order valence-corrected chi connectivity index (χ1v) is 7.72. The zero-order valence-corrected chi connectivity index (χ0v) is 12.0. The van der Waals surface area contributed by atoms with Gasteiger partial charge in [-0.05, 0) is 64.6 Å². The third-order valence-corrected chi connectivity index (χ3v) is 4.27. The summed E-state index contributed by atoms with van der Waals surface area (Å²) >= 11 is 0. The molecule has 0 bridgehead atoms. The van der Waals surface area contributed by atoms with E-state index in [1.165, 1.54) is 64.5 Å². The number of nitrogens with two attached hydrogens (primary N) is 1. The van der Waals surface area contributed by atoms with Crippen LogP contribution in [0.5, 0.6) is 0 Å². The van der Waals surface area contributed by atoms with Gasteiger partial charge in [-0.3, -0.25) is 0 Å². The van der Waals surface area contributed by atoms with Crippen molar-refractivity contribution in [3.05, 3.63) is 0 Å². The van der Waals surface area contributed by atoms with Crippen LogP contribution in [0.4, 0.5) is 0 Å². The summed E-state index contributed by atoms with van der Waals surface area (Å²) in [6, 6.07) is 0.822. The predicted molar refractivity (Wildman–Crippen MR) is 76.2 cm³/mol. The summed E-state index contributed by atoms with van der Waals surface area (Å²) in [6.45, 7) is 8.19. The zero-order chi connectivity index (χ0) is 12.5. The van der Waals surface area contributed by atoms with Crippen LogP contribution in [0.15, 0.2) is 0 Å². The highest BCUT2D eigenvalue weighted by Crippen LogP contribution is 2.20. The van der Waals surface area contributed by atoms with Gasteiger partial charge in [0.2, 0.25) is 0 Å². The molecule has 0 aromatic carbocycles. The Kier molecular flexibility index (Phi) is 7.87. The molecule has 2 heteroatoms. The van der Waals surface area contributed by atoms with Gasteiger partial charge >= 0.3 is 0 Å². The molecule has 1 aliphatic heterocycles. The molecule has 0 radical (unpaired) electrons. The number of hydrogen-bond donors (Lipinski definition) is 1. The lowest BCUT2D eigenvalue weighted by Crippen LogP contribution is -2.38. The lowest BCUT2D eigenvalue weighted by molar-refractivity contribution is 0.154. The molecule has 1 rings (SSSR count). The van der Waals surface area contributed by atoms with E-state index >= 15 is 0 Å². The van der Waals surface area contributed by atoms with Crippen molar-refractivity contribution in [3.8, 4) is 0 Å². The zero-order valence-electron chi connectivity index (χ0n) is 12.0. The van der Waals surface area contributed by atoms with Crippen molar-refractivity contribution in [3.63, 3.8) is 0 Å². The van der Waals surface area contributed by atoms with Gasteiger partial charge in [0.1, 0.15) is 0 Å². The molecule has 1 heterocycles. The van der Waals surface area contributed by atoms with E-state index in [0.717, 1.165) is 18.5 Å². The van der Waals surface area contributed by atoms with Crippen molar-refractivity contribution in [2.75, 3.05) is 19.6 Å². The predicted octanol–water partition coefficient (Wildman–Crippen LogP) is 3.41. The Balaban J connectivity index is 2.15. The largest absolute Gasteiger partial charge is 0.330 e. The fourth-order valence-electron chi connectivity index (χ4n) is 3.15. The molecule has 0 aromatic rings. The Bertz CT molecular complexity index is 176. The monoisotopic (exact) mass is 240 g/mol. The fourth-order valence-corrected chi connectivity index (χ4v) is 3.15. The van der Waals surface area contributed by atoms with E-state index in [2.05, 4.69) is 18.7 Å². The van der Waals surface area contributed by atoms with Gasteiger partial charge in [0.05, 0.1) is 0 Å². The van der Waals surface area contributed by atoms with Crippen molar-refractivity contribution in [1.29, 1.82) is 0 Å². The molecule has 17 heavy (non-hydrogen) atoms. The van der Waals surface area contributed by atoms with Crippen LogP contribution in [0, 0.1) is 5.92 Å². The molecule has 1 saturated heterocycles. The van der Waals surface area contributed by atoms with Gasteiger partial charge in [-0.25, -0.2) is 0 Å². The highest BCUT2D eigenvalue weighted by Gasteiger charge is 2.17. The first-order valence-electron chi connectivity index (χ1n) is 7.72. The Morgan fingerprint density at radius 2 is 2.06 bits per heavy atom. The molecule has 0 aromatic heterocycles. The lowest BCUT2D eigenvalue weighted by Gasteiger charge is -2.33. The highest BCUT2D eigenvalue weighted by atomic mass is 15.1. The van der Waals surface area contributed by atoms with Crippen LogP contribution < -0.4 is 5.73 Å². The molecule has 0 saturated carbocycles. The SMILES string of the molecule is CCCC(CCN)CCCN1CCCCC1C. The summed E-state index contributed by atoms with van der Waals surface area (Å²) < 4.78 is 0. The molecule has 0 spiro atoms. The van der Waals surface area contributed by atoms with E-state index < -0.39 is 0 Å². The molecular formula is C15H32N2. The van der Waals surface area contributed by atoms with Crippen molar-refractivity contribution < 1.29 is 0 Å². The van der Waals surface area contributed by atoms with Crippen LogP contribution >= 0.6 is 0 Å². The highest BCUT2D eigenvalue weighted by molar-refractivity contribution is 4.73. The van der Waals surface area contributed by atoms with E-state index in [1.54, 1.807) is 0 Å². The number of hydrogen-bond acceptors (Lipinski definition) is 2. The molecule has 2 N–H and O–H groups in total. The Morgan fingerprint density at radius 1 is 1.24 bits per heavy atom. The van der Waals surface area contributed by atoms with Gasteiger partial charge in [0.25, 0.3) is 0 Å². The van der Waals surface area contributed by atoms with Crippen molar-refractivity contribution in [2.45, 2.75) is 71.3 Å². The van der Waals surface area contributed by atoms with Crippen LogP contribution in [0.25, 0.3) is 0 Å². The number of likely N-dealkylation sites (tertiary alicyclic amines) is 1. The summed E-state index contributed by atoms with van der Waals surface area (Å²) in [5.74, 6) is 0.880. The Morgan fingerprint density at radius 3 is 2.71 bits per heavy atom. The Labute approximate surface area is 108 Å². The molecule has 0 amide bonds. The van der Waals surface area contributed by atoms with Gasteiger partial charge in [-0.15, -0.1) is 0 Å². The van der Waals surface area contributed by atoms with Gasteiger partial charge in [-0.2, -0.15) is 0 Å². The average molecular weight is 240 g/mol. The first-order chi connectivity index (χ1) is 8.27. The van der Waals surface area contributed by atoms with Crippen molar-refractivity contribution in [1.82, 2.24) is 4.90 Å². The van der Waals surface area contributed by atoms with Crippen LogP contribution in [0.3, 0.4) is 0 Å². The minimum absolute atomic E-state index is 0.822. The molecule has 2 atom stereocenters. The molecule has 2 unspecified atom stereocenters. The van der Waals surface area contributed by atoms with Crippen LogP contribution in [-0.2, 0) is 0 Å². The topological polar surface area (TPSA) is 29.3 Å². The van der Waals surface area contributed by atoms with E-state index in [9.17, 15) is 0 Å². The van der Waals surface area contributed by atoms with Gasteiger partial charge < -0.3 is 10.6 Å². The average Bonchev–Trinajstić information content (AvgIpc) is 2.32. The second kappa shape index (κ2) is 8.93.